The van der Waals surface area contributed by atoms with Crippen molar-refractivity contribution < 1.29 is 13.2 Å². The van der Waals surface area contributed by atoms with Gasteiger partial charge >= 0.3 is 0 Å². The van der Waals surface area contributed by atoms with Crippen LogP contribution in [0.2, 0.25) is 0 Å². The molecular formula is C26H29N5O3S. The van der Waals surface area contributed by atoms with Crippen molar-refractivity contribution in [3.63, 3.8) is 0 Å². The van der Waals surface area contributed by atoms with E-state index in [1.807, 2.05) is 19.1 Å². The minimum Gasteiger partial charge on any atom is -0.324 e. The minimum atomic E-state index is -3.56. The lowest BCUT2D eigenvalue weighted by atomic mass is 9.91. The van der Waals surface area contributed by atoms with Crippen LogP contribution in [0, 0.1) is 5.92 Å². The van der Waals surface area contributed by atoms with Crippen LogP contribution in [0.4, 0.5) is 11.6 Å². The first kappa shape index (κ1) is 23.6. The maximum Gasteiger partial charge on any atom is 0.243 e. The average Bonchev–Trinajstić information content (AvgIpc) is 3.12. The van der Waals surface area contributed by atoms with Gasteiger partial charge in [-0.2, -0.15) is 4.31 Å². The summed E-state index contributed by atoms with van der Waals surface area (Å²) in [6, 6.07) is 6.70. The number of hydrogen-bond acceptors (Lipinski definition) is 7. The summed E-state index contributed by atoms with van der Waals surface area (Å²) in [6.45, 7) is 4.67. The molecule has 0 amide bonds. The zero-order valence-electron chi connectivity index (χ0n) is 19.9. The van der Waals surface area contributed by atoms with Crippen molar-refractivity contribution in [3.8, 4) is 0 Å². The average molecular weight is 492 g/mol. The van der Waals surface area contributed by atoms with Gasteiger partial charge in [-0.25, -0.2) is 18.4 Å². The molecule has 0 spiro atoms. The van der Waals surface area contributed by atoms with Crippen LogP contribution in [0.1, 0.15) is 50.8 Å². The lowest BCUT2D eigenvalue weighted by molar-refractivity contribution is -0.115. The zero-order valence-corrected chi connectivity index (χ0v) is 20.8. The van der Waals surface area contributed by atoms with Crippen molar-refractivity contribution in [2.24, 2.45) is 10.9 Å². The molecule has 0 saturated carbocycles. The second-order valence-corrected chi connectivity index (χ2v) is 11.2. The third kappa shape index (κ3) is 4.58. The summed E-state index contributed by atoms with van der Waals surface area (Å²) in [5.41, 5.74) is 3.34. The van der Waals surface area contributed by atoms with Gasteiger partial charge in [0.05, 0.1) is 16.3 Å². The van der Waals surface area contributed by atoms with Gasteiger partial charge in [0, 0.05) is 48.2 Å². The fraction of sp³-hybridized carbons (Fsp3) is 0.385. The lowest BCUT2D eigenvalue weighted by Gasteiger charge is -2.36. The van der Waals surface area contributed by atoms with Crippen molar-refractivity contribution in [3.05, 3.63) is 59.4 Å². The highest BCUT2D eigenvalue weighted by molar-refractivity contribution is 7.89. The topological polar surface area (TPSA) is 105 Å². The summed E-state index contributed by atoms with van der Waals surface area (Å²) in [6.07, 6.45) is 10.8. The molecule has 1 aliphatic carbocycles. The molecule has 182 valence electrons. The number of allylic oxidation sites excluding steroid dienone is 3. The minimum absolute atomic E-state index is 0.00239. The molecule has 1 aromatic carbocycles. The third-order valence-corrected chi connectivity index (χ3v) is 9.02. The molecule has 35 heavy (non-hydrogen) atoms. The van der Waals surface area contributed by atoms with Crippen LogP contribution in [0.5, 0.6) is 0 Å². The summed E-state index contributed by atoms with van der Waals surface area (Å²) >= 11 is 0. The van der Waals surface area contributed by atoms with Crippen LogP contribution >= 0.6 is 0 Å². The molecule has 1 fully saturated rings. The Kier molecular flexibility index (Phi) is 6.37. The van der Waals surface area contributed by atoms with E-state index in [2.05, 4.69) is 27.2 Å². The number of rotatable bonds is 5. The van der Waals surface area contributed by atoms with Crippen LogP contribution in [-0.2, 0) is 21.2 Å². The maximum absolute atomic E-state index is 13.3. The van der Waals surface area contributed by atoms with Crippen molar-refractivity contribution in [2.75, 3.05) is 11.9 Å². The van der Waals surface area contributed by atoms with E-state index in [1.165, 1.54) is 0 Å². The standard InChI is InChI=1S/C26H29N5O3S/c1-3-18-8-7-17(2)31(16-18)35(33,34)21-11-9-20(10-12-21)29-26-28-15-19-14-23(32)22-6-4-5-13-27-25(22)24(19)30-26/h4-5,9-13,15,17-18H,3,6-8,14,16H2,1-2H3,(H,28,29,30). The molecular weight excluding hydrogens is 462 g/mol. The number of ketones is 1. The van der Waals surface area contributed by atoms with Crippen molar-refractivity contribution in [1.82, 2.24) is 14.3 Å². The van der Waals surface area contributed by atoms with Gasteiger partial charge < -0.3 is 5.32 Å². The number of nitrogens with zero attached hydrogens (tertiary/aromatic N) is 4. The Bertz CT molecular complexity index is 1350. The van der Waals surface area contributed by atoms with Crippen molar-refractivity contribution in [1.29, 1.82) is 0 Å². The molecule has 2 aliphatic heterocycles. The largest absolute Gasteiger partial charge is 0.324 e. The van der Waals surface area contributed by atoms with Crippen LogP contribution in [0.3, 0.4) is 0 Å². The van der Waals surface area contributed by atoms with E-state index < -0.39 is 10.0 Å². The molecule has 8 nitrogen and oxygen atoms in total. The van der Waals surface area contributed by atoms with Gasteiger partial charge in [0.2, 0.25) is 16.0 Å². The molecule has 2 unspecified atom stereocenters. The Hall–Kier alpha value is -3.17. The number of sulfonamides is 1. The van der Waals surface area contributed by atoms with E-state index in [0.717, 1.165) is 24.8 Å². The molecule has 2 aromatic rings. The molecule has 0 bridgehead atoms. The number of carbonyl (C=O) groups excluding carboxylic acids is 1. The second kappa shape index (κ2) is 9.47. The highest BCUT2D eigenvalue weighted by Crippen LogP contribution is 2.33. The molecule has 0 radical (unpaired) electrons. The highest BCUT2D eigenvalue weighted by atomic mass is 32.2. The third-order valence-electron chi connectivity index (χ3n) is 7.03. The number of carbonyl (C=O) groups is 1. The molecule has 9 heteroatoms. The Morgan fingerprint density at radius 2 is 1.97 bits per heavy atom. The van der Waals surface area contributed by atoms with Gasteiger partial charge in [0.25, 0.3) is 0 Å². The molecule has 3 aliphatic rings. The number of benzene rings is 1. The SMILES string of the molecule is CCC1CCC(C)N(S(=O)(=O)c2ccc(Nc3ncc4c(n3)C3=C(CC=CC=N3)C(=O)C4)cc2)C1. The van der Waals surface area contributed by atoms with Crippen LogP contribution in [0.15, 0.2) is 58.1 Å². The lowest BCUT2D eigenvalue weighted by Crippen LogP contribution is -2.45. The Morgan fingerprint density at radius 1 is 1.17 bits per heavy atom. The molecule has 5 rings (SSSR count). The fourth-order valence-electron chi connectivity index (χ4n) is 4.86. The van der Waals surface area contributed by atoms with Gasteiger partial charge in [0.1, 0.15) is 0 Å². The number of aliphatic imine (C=N–C) groups is 1. The normalized spacial score (nSPS) is 22.5. The summed E-state index contributed by atoms with van der Waals surface area (Å²) in [4.78, 5) is 26.2. The predicted octanol–water partition coefficient (Wildman–Crippen LogP) is 4.29. The van der Waals surface area contributed by atoms with E-state index in [-0.39, 0.29) is 23.1 Å². The number of piperidine rings is 1. The first-order chi connectivity index (χ1) is 16.9. The van der Waals surface area contributed by atoms with Crippen LogP contribution in [0.25, 0.3) is 5.70 Å². The van der Waals surface area contributed by atoms with Gasteiger partial charge in [-0.3, -0.25) is 9.79 Å². The molecule has 3 heterocycles. The van der Waals surface area contributed by atoms with E-state index >= 15 is 0 Å². The second-order valence-electron chi connectivity index (χ2n) is 9.33. The van der Waals surface area contributed by atoms with E-state index in [9.17, 15) is 13.2 Å². The number of aromatic nitrogens is 2. The fourth-order valence-corrected chi connectivity index (χ4v) is 6.60. The number of nitrogens with one attached hydrogen (secondary N) is 1. The number of fused-ring (bicyclic) bond motifs is 2. The smallest absolute Gasteiger partial charge is 0.243 e. The van der Waals surface area contributed by atoms with Gasteiger partial charge in [0.15, 0.2) is 5.78 Å². The van der Waals surface area contributed by atoms with Crippen LogP contribution in [-0.4, -0.2) is 47.3 Å². The van der Waals surface area contributed by atoms with E-state index in [0.29, 0.717) is 47.5 Å². The van der Waals surface area contributed by atoms with Crippen LogP contribution < -0.4 is 5.32 Å². The molecule has 1 N–H and O–H groups in total. The number of Topliss-reactive ketones (excluding diaryl/α,β-unsaturated/α-hetero) is 1. The van der Waals surface area contributed by atoms with Gasteiger partial charge in [-0.15, -0.1) is 0 Å². The number of hydrogen-bond donors (Lipinski definition) is 1. The summed E-state index contributed by atoms with van der Waals surface area (Å²) < 4.78 is 28.3. The maximum atomic E-state index is 13.3. The first-order valence-corrected chi connectivity index (χ1v) is 13.5. The zero-order chi connectivity index (χ0) is 24.6. The number of anilines is 2. The Labute approximate surface area is 205 Å². The van der Waals surface area contributed by atoms with Crippen molar-refractivity contribution >= 4 is 39.4 Å². The highest BCUT2D eigenvalue weighted by Gasteiger charge is 2.34. The van der Waals surface area contributed by atoms with Crippen molar-refractivity contribution in [2.45, 2.75) is 56.9 Å². The Morgan fingerprint density at radius 3 is 2.74 bits per heavy atom. The van der Waals surface area contributed by atoms with Gasteiger partial charge in [-0.05, 0) is 62.4 Å². The molecule has 1 saturated heterocycles. The van der Waals surface area contributed by atoms with E-state index in [1.54, 1.807) is 41.0 Å². The van der Waals surface area contributed by atoms with Gasteiger partial charge in [-0.1, -0.05) is 19.4 Å². The summed E-state index contributed by atoms with van der Waals surface area (Å²) in [5.74, 6) is 0.816. The monoisotopic (exact) mass is 491 g/mol. The quantitative estimate of drug-likeness (QED) is 0.669. The predicted molar refractivity (Wildman–Crippen MR) is 136 cm³/mol. The summed E-state index contributed by atoms with van der Waals surface area (Å²) in [7, 11) is -3.56. The van der Waals surface area contributed by atoms with E-state index in [4.69, 9.17) is 0 Å². The molecule has 1 aromatic heterocycles. The Balaban J connectivity index is 1.37. The molecule has 2 atom stereocenters. The first-order valence-electron chi connectivity index (χ1n) is 12.1. The summed E-state index contributed by atoms with van der Waals surface area (Å²) in [5, 5.41) is 3.15.